The van der Waals surface area contributed by atoms with Crippen LogP contribution < -0.4 is 10.5 Å². The van der Waals surface area contributed by atoms with E-state index in [4.69, 9.17) is 10.5 Å². The molecule has 0 saturated heterocycles. The van der Waals surface area contributed by atoms with Crippen LogP contribution in [0.15, 0.2) is 22.7 Å². The van der Waals surface area contributed by atoms with Crippen molar-refractivity contribution < 1.29 is 4.74 Å². The molecule has 15 heavy (non-hydrogen) atoms. The second-order valence-corrected chi connectivity index (χ2v) is 4.74. The number of hydrogen-bond donors (Lipinski definition) is 1. The first-order chi connectivity index (χ1) is 7.06. The summed E-state index contributed by atoms with van der Waals surface area (Å²) in [6.45, 7) is 6.89. The van der Waals surface area contributed by atoms with Crippen molar-refractivity contribution in [2.45, 2.75) is 26.8 Å². The molecule has 0 spiro atoms. The highest BCUT2D eigenvalue weighted by Gasteiger charge is 2.13. The number of rotatable bonds is 4. The van der Waals surface area contributed by atoms with Gasteiger partial charge >= 0.3 is 0 Å². The molecule has 0 heterocycles. The molecular formula is C12H18BrNO. The second-order valence-electron chi connectivity index (χ2n) is 3.89. The van der Waals surface area contributed by atoms with E-state index in [9.17, 15) is 0 Å². The summed E-state index contributed by atoms with van der Waals surface area (Å²) in [5, 5.41) is 0. The third-order valence-electron chi connectivity index (χ3n) is 2.36. The van der Waals surface area contributed by atoms with E-state index in [-0.39, 0.29) is 6.04 Å². The maximum atomic E-state index is 6.09. The van der Waals surface area contributed by atoms with Crippen LogP contribution in [0.25, 0.3) is 0 Å². The molecule has 1 rings (SSSR count). The number of hydrogen-bond acceptors (Lipinski definition) is 2. The van der Waals surface area contributed by atoms with Crippen LogP contribution in [0.2, 0.25) is 0 Å². The van der Waals surface area contributed by atoms with Gasteiger partial charge in [-0.1, -0.05) is 35.8 Å². The summed E-state index contributed by atoms with van der Waals surface area (Å²) in [6, 6.07) is 6.03. The van der Waals surface area contributed by atoms with Crippen LogP contribution in [-0.2, 0) is 0 Å². The summed E-state index contributed by atoms with van der Waals surface area (Å²) in [5.41, 5.74) is 7.22. The van der Waals surface area contributed by atoms with Gasteiger partial charge in [0.25, 0.3) is 0 Å². The smallest absolute Gasteiger partial charge is 0.120 e. The summed E-state index contributed by atoms with van der Waals surface area (Å²) >= 11 is 3.53. The molecule has 0 aliphatic carbocycles. The lowest BCUT2D eigenvalue weighted by Crippen LogP contribution is -2.17. The molecule has 1 aromatic carbocycles. The van der Waals surface area contributed by atoms with E-state index >= 15 is 0 Å². The minimum atomic E-state index is 0.0649. The Morgan fingerprint density at radius 2 is 2.07 bits per heavy atom. The van der Waals surface area contributed by atoms with Crippen LogP contribution in [0, 0.1) is 5.92 Å². The number of ether oxygens (including phenoxy) is 1. The fourth-order valence-electron chi connectivity index (χ4n) is 1.39. The van der Waals surface area contributed by atoms with Crippen molar-refractivity contribution in [1.29, 1.82) is 0 Å². The van der Waals surface area contributed by atoms with Gasteiger partial charge in [-0.3, -0.25) is 0 Å². The van der Waals surface area contributed by atoms with Crippen molar-refractivity contribution in [2.75, 3.05) is 6.61 Å². The van der Waals surface area contributed by atoms with Crippen molar-refractivity contribution >= 4 is 15.9 Å². The minimum Gasteiger partial charge on any atom is -0.494 e. The summed E-state index contributed by atoms with van der Waals surface area (Å²) < 4.78 is 6.43. The zero-order valence-electron chi connectivity index (χ0n) is 9.46. The molecule has 0 aromatic heterocycles. The molecule has 3 heteroatoms. The zero-order valence-corrected chi connectivity index (χ0v) is 11.0. The molecule has 0 aliphatic heterocycles. The van der Waals surface area contributed by atoms with Crippen LogP contribution in [0.4, 0.5) is 0 Å². The Morgan fingerprint density at radius 1 is 1.40 bits per heavy atom. The van der Waals surface area contributed by atoms with E-state index in [1.807, 2.05) is 25.1 Å². The average molecular weight is 272 g/mol. The topological polar surface area (TPSA) is 35.2 Å². The second kappa shape index (κ2) is 5.52. The number of benzene rings is 1. The normalized spacial score (nSPS) is 12.9. The van der Waals surface area contributed by atoms with E-state index in [1.165, 1.54) is 0 Å². The highest BCUT2D eigenvalue weighted by molar-refractivity contribution is 9.10. The first-order valence-electron chi connectivity index (χ1n) is 5.24. The first-order valence-corrected chi connectivity index (χ1v) is 6.03. The fraction of sp³-hybridized carbons (Fsp3) is 0.500. The molecule has 2 nitrogen and oxygen atoms in total. The van der Waals surface area contributed by atoms with Crippen molar-refractivity contribution in [1.82, 2.24) is 0 Å². The van der Waals surface area contributed by atoms with Crippen LogP contribution in [0.5, 0.6) is 5.75 Å². The average Bonchev–Trinajstić information content (AvgIpc) is 2.17. The van der Waals surface area contributed by atoms with Gasteiger partial charge in [-0.05, 0) is 30.5 Å². The summed E-state index contributed by atoms with van der Waals surface area (Å²) in [4.78, 5) is 0. The third kappa shape index (κ3) is 3.21. The van der Waals surface area contributed by atoms with Crippen LogP contribution >= 0.6 is 15.9 Å². The molecular weight excluding hydrogens is 254 g/mol. The van der Waals surface area contributed by atoms with Crippen molar-refractivity contribution in [3.63, 3.8) is 0 Å². The first kappa shape index (κ1) is 12.5. The van der Waals surface area contributed by atoms with Gasteiger partial charge in [-0.2, -0.15) is 0 Å². The quantitative estimate of drug-likeness (QED) is 0.910. The number of halogens is 1. The molecule has 2 N–H and O–H groups in total. The maximum absolute atomic E-state index is 6.09. The Balaban J connectivity index is 2.92. The van der Waals surface area contributed by atoms with Gasteiger partial charge in [-0.15, -0.1) is 0 Å². The van der Waals surface area contributed by atoms with Gasteiger partial charge in [0.05, 0.1) is 6.61 Å². The lowest BCUT2D eigenvalue weighted by Gasteiger charge is -2.18. The highest BCUT2D eigenvalue weighted by Crippen LogP contribution is 2.29. The third-order valence-corrected chi connectivity index (χ3v) is 3.05. The molecule has 0 amide bonds. The molecule has 0 fully saturated rings. The van der Waals surface area contributed by atoms with E-state index in [1.54, 1.807) is 0 Å². The molecule has 0 bridgehead atoms. The maximum Gasteiger partial charge on any atom is 0.120 e. The molecule has 84 valence electrons. The Morgan fingerprint density at radius 3 is 2.53 bits per heavy atom. The van der Waals surface area contributed by atoms with Gasteiger partial charge in [0.15, 0.2) is 0 Å². The molecule has 1 unspecified atom stereocenters. The molecule has 0 saturated carbocycles. The molecule has 0 radical (unpaired) electrons. The predicted molar refractivity (Wildman–Crippen MR) is 67.1 cm³/mol. The highest BCUT2D eigenvalue weighted by atomic mass is 79.9. The molecule has 0 aliphatic rings. The SMILES string of the molecule is CCOc1ccc(C(N)C(C)C)c(Br)c1. The van der Waals surface area contributed by atoms with E-state index in [0.29, 0.717) is 12.5 Å². The Bertz CT molecular complexity index is 325. The Hall–Kier alpha value is -0.540. The Labute approximate surface area is 99.9 Å². The van der Waals surface area contributed by atoms with Crippen molar-refractivity contribution in [2.24, 2.45) is 11.7 Å². The fourth-order valence-corrected chi connectivity index (χ4v) is 2.02. The van der Waals surface area contributed by atoms with Gasteiger partial charge < -0.3 is 10.5 Å². The van der Waals surface area contributed by atoms with Gasteiger partial charge in [0.1, 0.15) is 5.75 Å². The van der Waals surface area contributed by atoms with Crippen LogP contribution in [-0.4, -0.2) is 6.61 Å². The summed E-state index contributed by atoms with van der Waals surface area (Å²) in [6.07, 6.45) is 0. The van der Waals surface area contributed by atoms with Crippen LogP contribution in [0.3, 0.4) is 0 Å². The van der Waals surface area contributed by atoms with Crippen molar-refractivity contribution in [3.8, 4) is 5.75 Å². The Kier molecular flexibility index (Phi) is 4.61. The largest absolute Gasteiger partial charge is 0.494 e. The lowest BCUT2D eigenvalue weighted by atomic mass is 9.97. The van der Waals surface area contributed by atoms with E-state index in [2.05, 4.69) is 29.8 Å². The monoisotopic (exact) mass is 271 g/mol. The predicted octanol–water partition coefficient (Wildman–Crippen LogP) is 3.50. The minimum absolute atomic E-state index is 0.0649. The molecule has 1 atom stereocenters. The number of nitrogens with two attached hydrogens (primary N) is 1. The summed E-state index contributed by atoms with van der Waals surface area (Å²) in [5.74, 6) is 1.31. The lowest BCUT2D eigenvalue weighted by molar-refractivity contribution is 0.339. The van der Waals surface area contributed by atoms with Crippen LogP contribution in [0.1, 0.15) is 32.4 Å². The van der Waals surface area contributed by atoms with Gasteiger partial charge in [0, 0.05) is 10.5 Å². The summed E-state index contributed by atoms with van der Waals surface area (Å²) in [7, 11) is 0. The van der Waals surface area contributed by atoms with Gasteiger partial charge in [-0.25, -0.2) is 0 Å². The molecule has 1 aromatic rings. The zero-order chi connectivity index (χ0) is 11.4. The van der Waals surface area contributed by atoms with E-state index < -0.39 is 0 Å². The van der Waals surface area contributed by atoms with Crippen molar-refractivity contribution in [3.05, 3.63) is 28.2 Å². The van der Waals surface area contributed by atoms with Gasteiger partial charge in [0.2, 0.25) is 0 Å². The standard InChI is InChI=1S/C12H18BrNO/c1-4-15-9-5-6-10(11(13)7-9)12(14)8(2)3/h5-8,12H,4,14H2,1-3H3. The van der Waals surface area contributed by atoms with E-state index in [0.717, 1.165) is 15.8 Å².